The Balaban J connectivity index is 3.23. The van der Waals surface area contributed by atoms with Crippen molar-refractivity contribution in [1.29, 1.82) is 0 Å². The van der Waals surface area contributed by atoms with Gasteiger partial charge in [0.2, 0.25) is 0 Å². The van der Waals surface area contributed by atoms with E-state index in [2.05, 4.69) is 0 Å². The molecule has 1 aromatic heterocycles. The van der Waals surface area contributed by atoms with Crippen molar-refractivity contribution >= 4 is 39.9 Å². The zero-order valence-electron chi connectivity index (χ0n) is 5.22. The SMILES string of the molecule is Cc1scc(I)c1C(=O)O. The van der Waals surface area contributed by atoms with Crippen molar-refractivity contribution in [3.8, 4) is 0 Å². The Morgan fingerprint density at radius 2 is 2.40 bits per heavy atom. The maximum absolute atomic E-state index is 10.5. The largest absolute Gasteiger partial charge is 0.478 e. The maximum atomic E-state index is 10.5. The summed E-state index contributed by atoms with van der Waals surface area (Å²) >= 11 is 3.50. The van der Waals surface area contributed by atoms with Gasteiger partial charge in [-0.15, -0.1) is 11.3 Å². The van der Waals surface area contributed by atoms with Gasteiger partial charge >= 0.3 is 5.97 Å². The standard InChI is InChI=1S/C6H5IO2S/c1-3-5(6(8)9)4(7)2-10-3/h2H,1H3,(H,8,9). The number of carboxylic acid groups (broad SMARTS) is 1. The fourth-order valence-corrected chi connectivity index (χ4v) is 2.59. The van der Waals surface area contributed by atoms with Crippen molar-refractivity contribution < 1.29 is 9.90 Å². The molecule has 1 aromatic rings. The van der Waals surface area contributed by atoms with Gasteiger partial charge in [0.05, 0.1) is 5.56 Å². The highest BCUT2D eigenvalue weighted by Gasteiger charge is 2.12. The third-order valence-electron chi connectivity index (χ3n) is 1.14. The van der Waals surface area contributed by atoms with Crippen LogP contribution in [0, 0.1) is 10.5 Å². The van der Waals surface area contributed by atoms with Crippen LogP contribution in [0.5, 0.6) is 0 Å². The summed E-state index contributed by atoms with van der Waals surface area (Å²) in [5, 5.41) is 10.5. The van der Waals surface area contributed by atoms with Crippen LogP contribution >= 0.6 is 33.9 Å². The van der Waals surface area contributed by atoms with Crippen molar-refractivity contribution in [1.82, 2.24) is 0 Å². The topological polar surface area (TPSA) is 37.3 Å². The molecule has 1 rings (SSSR count). The van der Waals surface area contributed by atoms with E-state index in [0.29, 0.717) is 5.56 Å². The van der Waals surface area contributed by atoms with Crippen LogP contribution in [0.25, 0.3) is 0 Å². The first-order chi connectivity index (χ1) is 4.63. The first-order valence-electron chi connectivity index (χ1n) is 2.60. The lowest BCUT2D eigenvalue weighted by atomic mass is 10.3. The third-order valence-corrected chi connectivity index (χ3v) is 3.33. The van der Waals surface area contributed by atoms with Crippen LogP contribution < -0.4 is 0 Å². The number of hydrogen-bond donors (Lipinski definition) is 1. The fourth-order valence-electron chi connectivity index (χ4n) is 0.679. The second kappa shape index (κ2) is 2.87. The molecule has 0 spiro atoms. The minimum absolute atomic E-state index is 0.450. The predicted molar refractivity (Wildman–Crippen MR) is 48.7 cm³/mol. The van der Waals surface area contributed by atoms with Gasteiger partial charge in [-0.3, -0.25) is 0 Å². The number of aryl methyl sites for hydroxylation is 1. The van der Waals surface area contributed by atoms with Gasteiger partial charge in [0.25, 0.3) is 0 Å². The summed E-state index contributed by atoms with van der Waals surface area (Å²) in [6, 6.07) is 0. The third kappa shape index (κ3) is 1.32. The number of thiophene rings is 1. The van der Waals surface area contributed by atoms with Gasteiger partial charge in [0.15, 0.2) is 0 Å². The second-order valence-electron chi connectivity index (χ2n) is 1.82. The molecule has 0 radical (unpaired) electrons. The van der Waals surface area contributed by atoms with Crippen LogP contribution in [0.4, 0.5) is 0 Å². The summed E-state index contributed by atoms with van der Waals surface area (Å²) in [7, 11) is 0. The van der Waals surface area contributed by atoms with Crippen LogP contribution in [0.3, 0.4) is 0 Å². The lowest BCUT2D eigenvalue weighted by molar-refractivity contribution is 0.0695. The van der Waals surface area contributed by atoms with Crippen LogP contribution in [0.1, 0.15) is 15.2 Å². The summed E-state index contributed by atoms with van der Waals surface area (Å²) in [6.07, 6.45) is 0. The summed E-state index contributed by atoms with van der Waals surface area (Å²) in [5.41, 5.74) is 0.450. The molecular weight excluding hydrogens is 263 g/mol. The van der Waals surface area contributed by atoms with Crippen LogP contribution in [-0.2, 0) is 0 Å². The summed E-state index contributed by atoms with van der Waals surface area (Å²) in [5.74, 6) is -0.830. The van der Waals surface area contributed by atoms with Crippen LogP contribution in [-0.4, -0.2) is 11.1 Å². The number of carbonyl (C=O) groups is 1. The molecule has 10 heavy (non-hydrogen) atoms. The van der Waals surface area contributed by atoms with E-state index >= 15 is 0 Å². The molecule has 54 valence electrons. The number of carboxylic acids is 1. The Bertz CT molecular complexity index is 247. The molecule has 0 bridgehead atoms. The number of aromatic carboxylic acids is 1. The highest BCUT2D eigenvalue weighted by molar-refractivity contribution is 14.1. The van der Waals surface area contributed by atoms with Crippen LogP contribution in [0.15, 0.2) is 5.38 Å². The van der Waals surface area contributed by atoms with Gasteiger partial charge in [-0.05, 0) is 29.5 Å². The van der Waals surface area contributed by atoms with Gasteiger partial charge in [0, 0.05) is 13.8 Å². The van der Waals surface area contributed by atoms with Crippen molar-refractivity contribution in [2.45, 2.75) is 6.92 Å². The van der Waals surface area contributed by atoms with E-state index in [1.165, 1.54) is 11.3 Å². The van der Waals surface area contributed by atoms with Gasteiger partial charge in [0.1, 0.15) is 0 Å². The number of hydrogen-bond acceptors (Lipinski definition) is 2. The molecule has 2 nitrogen and oxygen atoms in total. The Morgan fingerprint density at radius 3 is 2.60 bits per heavy atom. The van der Waals surface area contributed by atoms with Gasteiger partial charge in [-0.2, -0.15) is 0 Å². The van der Waals surface area contributed by atoms with E-state index in [9.17, 15) is 4.79 Å². The molecule has 0 saturated carbocycles. The Hall–Kier alpha value is -0.100. The Labute approximate surface area is 76.0 Å². The molecule has 0 aliphatic carbocycles. The van der Waals surface area contributed by atoms with Crippen molar-refractivity contribution in [3.63, 3.8) is 0 Å². The Kier molecular flexibility index (Phi) is 2.30. The smallest absolute Gasteiger partial charge is 0.337 e. The van der Waals surface area contributed by atoms with Gasteiger partial charge < -0.3 is 5.11 Å². The molecule has 0 aliphatic heterocycles. The molecule has 0 saturated heterocycles. The molecule has 0 amide bonds. The van der Waals surface area contributed by atoms with Crippen molar-refractivity contribution in [3.05, 3.63) is 19.4 Å². The summed E-state index contributed by atoms with van der Waals surface area (Å²) in [4.78, 5) is 11.4. The highest BCUT2D eigenvalue weighted by Crippen LogP contribution is 2.22. The number of rotatable bonds is 1. The molecule has 4 heteroatoms. The van der Waals surface area contributed by atoms with E-state index < -0.39 is 5.97 Å². The normalized spacial score (nSPS) is 9.80. The molecule has 1 N–H and O–H groups in total. The maximum Gasteiger partial charge on any atom is 0.337 e. The van der Waals surface area contributed by atoms with E-state index in [-0.39, 0.29) is 0 Å². The Morgan fingerprint density at radius 1 is 1.80 bits per heavy atom. The molecule has 1 heterocycles. The average molecular weight is 268 g/mol. The van der Waals surface area contributed by atoms with E-state index in [0.717, 1.165) is 8.45 Å². The molecule has 0 aliphatic rings. The molecule has 0 atom stereocenters. The van der Waals surface area contributed by atoms with Gasteiger partial charge in [-0.25, -0.2) is 4.79 Å². The first kappa shape index (κ1) is 8.00. The molecule has 0 fully saturated rings. The van der Waals surface area contributed by atoms with Crippen molar-refractivity contribution in [2.24, 2.45) is 0 Å². The van der Waals surface area contributed by atoms with E-state index in [4.69, 9.17) is 5.11 Å². The molecule has 0 unspecified atom stereocenters. The predicted octanol–water partition coefficient (Wildman–Crippen LogP) is 2.36. The molecule has 0 aromatic carbocycles. The van der Waals surface area contributed by atoms with E-state index in [1.807, 2.05) is 34.9 Å². The van der Waals surface area contributed by atoms with E-state index in [1.54, 1.807) is 0 Å². The zero-order chi connectivity index (χ0) is 7.72. The molecular formula is C6H5IO2S. The average Bonchev–Trinajstić information content (AvgIpc) is 2.11. The minimum atomic E-state index is -0.830. The summed E-state index contributed by atoms with van der Waals surface area (Å²) < 4.78 is 0.826. The summed E-state index contributed by atoms with van der Waals surface area (Å²) in [6.45, 7) is 1.82. The van der Waals surface area contributed by atoms with Crippen molar-refractivity contribution in [2.75, 3.05) is 0 Å². The number of halogens is 1. The lowest BCUT2D eigenvalue weighted by Gasteiger charge is -1.90. The zero-order valence-corrected chi connectivity index (χ0v) is 8.19. The first-order valence-corrected chi connectivity index (χ1v) is 4.55. The minimum Gasteiger partial charge on any atom is -0.478 e. The highest BCUT2D eigenvalue weighted by atomic mass is 127. The monoisotopic (exact) mass is 268 g/mol. The van der Waals surface area contributed by atoms with Gasteiger partial charge in [-0.1, -0.05) is 0 Å². The quantitative estimate of drug-likeness (QED) is 0.794. The lowest BCUT2D eigenvalue weighted by Crippen LogP contribution is -1.97. The second-order valence-corrected chi connectivity index (χ2v) is 4.07. The van der Waals surface area contributed by atoms with Crippen LogP contribution in [0.2, 0.25) is 0 Å². The fraction of sp³-hybridized carbons (Fsp3) is 0.167.